The van der Waals surface area contributed by atoms with Crippen LogP contribution in [0.15, 0.2) is 0 Å². The standard InChI is InChI=1S/C8H14/c1-8(2)6-3-4-7(8)5-6/h6-7H,3-5H2,1-2H3/t6-,7?/m0/s1. The SMILES string of the molecule is CC1(C)C2CC[C@H]1C2. The lowest BCUT2D eigenvalue weighted by Crippen LogP contribution is -2.36. The van der Waals surface area contributed by atoms with Gasteiger partial charge in [0, 0.05) is 0 Å². The molecule has 0 aromatic rings. The first-order chi connectivity index (χ1) is 3.71. The van der Waals surface area contributed by atoms with E-state index < -0.39 is 0 Å². The van der Waals surface area contributed by atoms with Crippen LogP contribution in [0.1, 0.15) is 33.1 Å². The van der Waals surface area contributed by atoms with Crippen LogP contribution in [0.2, 0.25) is 0 Å². The fourth-order valence-electron chi connectivity index (χ4n) is 2.51. The molecule has 0 amide bonds. The Kier molecular flexibility index (Phi) is 0.678. The molecule has 0 nitrogen and oxygen atoms in total. The molecule has 0 radical (unpaired) electrons. The Morgan fingerprint density at radius 3 is 1.75 bits per heavy atom. The van der Waals surface area contributed by atoms with E-state index in [1.54, 1.807) is 6.42 Å². The predicted molar refractivity (Wildman–Crippen MR) is 34.6 cm³/mol. The van der Waals surface area contributed by atoms with Crippen LogP contribution in [0.25, 0.3) is 0 Å². The van der Waals surface area contributed by atoms with Gasteiger partial charge in [0.25, 0.3) is 0 Å². The molecule has 1 unspecified atom stereocenters. The first kappa shape index (κ1) is 4.84. The molecule has 0 aromatic carbocycles. The second kappa shape index (κ2) is 1.12. The maximum atomic E-state index is 2.43. The number of fused-ring (bicyclic) bond motifs is 1. The van der Waals surface area contributed by atoms with Gasteiger partial charge in [-0.25, -0.2) is 0 Å². The van der Waals surface area contributed by atoms with Crippen LogP contribution in [-0.2, 0) is 0 Å². The molecule has 46 valence electrons. The lowest BCUT2D eigenvalue weighted by Gasteiger charge is -2.44. The van der Waals surface area contributed by atoms with Gasteiger partial charge in [-0.1, -0.05) is 13.8 Å². The molecule has 3 aliphatic rings. The average Bonchev–Trinajstić information content (AvgIpc) is 2.18. The van der Waals surface area contributed by atoms with Gasteiger partial charge in [0.15, 0.2) is 0 Å². The maximum Gasteiger partial charge on any atom is -0.0297 e. The number of hydrogen-bond donors (Lipinski definition) is 0. The van der Waals surface area contributed by atoms with Crippen LogP contribution in [0.5, 0.6) is 0 Å². The molecule has 0 heterocycles. The molecule has 0 aliphatic heterocycles. The van der Waals surface area contributed by atoms with Crippen LogP contribution in [0, 0.1) is 17.3 Å². The van der Waals surface area contributed by atoms with Gasteiger partial charge in [0.1, 0.15) is 0 Å². The highest BCUT2D eigenvalue weighted by Gasteiger charge is 2.52. The third-order valence-electron chi connectivity index (χ3n) is 3.54. The largest absolute Gasteiger partial charge is 0.0594 e. The Morgan fingerprint density at radius 2 is 1.62 bits per heavy atom. The second-order valence-electron chi connectivity index (χ2n) is 4.03. The van der Waals surface area contributed by atoms with Gasteiger partial charge in [-0.05, 0) is 36.5 Å². The van der Waals surface area contributed by atoms with Crippen molar-refractivity contribution < 1.29 is 0 Å². The van der Waals surface area contributed by atoms with Crippen molar-refractivity contribution in [2.24, 2.45) is 17.3 Å². The van der Waals surface area contributed by atoms with Crippen molar-refractivity contribution in [3.8, 4) is 0 Å². The molecule has 0 saturated heterocycles. The molecule has 3 aliphatic carbocycles. The minimum atomic E-state index is 0.750. The quantitative estimate of drug-likeness (QED) is 0.449. The third kappa shape index (κ3) is 0.340. The van der Waals surface area contributed by atoms with Gasteiger partial charge < -0.3 is 0 Å². The molecular formula is C8H14. The van der Waals surface area contributed by atoms with E-state index in [1.165, 1.54) is 12.8 Å². The van der Waals surface area contributed by atoms with E-state index in [1.807, 2.05) is 0 Å². The Hall–Kier alpha value is 0. The average molecular weight is 110 g/mol. The van der Waals surface area contributed by atoms with E-state index in [4.69, 9.17) is 0 Å². The van der Waals surface area contributed by atoms with Gasteiger partial charge in [-0.3, -0.25) is 0 Å². The molecule has 3 fully saturated rings. The maximum absolute atomic E-state index is 2.43. The molecule has 0 spiro atoms. The molecule has 0 aromatic heterocycles. The van der Waals surface area contributed by atoms with Gasteiger partial charge in [-0.15, -0.1) is 0 Å². The van der Waals surface area contributed by atoms with Crippen LogP contribution >= 0.6 is 0 Å². The summed E-state index contributed by atoms with van der Waals surface area (Å²) in [5.41, 5.74) is 0.750. The van der Waals surface area contributed by atoms with E-state index in [0.717, 1.165) is 17.3 Å². The van der Waals surface area contributed by atoms with E-state index in [0.29, 0.717) is 0 Å². The Labute approximate surface area is 51.3 Å². The molecule has 3 rings (SSSR count). The van der Waals surface area contributed by atoms with Crippen LogP contribution in [-0.4, -0.2) is 0 Å². The number of hydrogen-bond acceptors (Lipinski definition) is 0. The lowest BCUT2D eigenvalue weighted by atomic mass is 9.61. The summed E-state index contributed by atoms with van der Waals surface area (Å²) >= 11 is 0. The molecule has 0 N–H and O–H groups in total. The highest BCUT2D eigenvalue weighted by molar-refractivity contribution is 5.02. The zero-order valence-corrected chi connectivity index (χ0v) is 5.78. The van der Waals surface area contributed by atoms with Crippen LogP contribution < -0.4 is 0 Å². The summed E-state index contributed by atoms with van der Waals surface area (Å²) in [5, 5.41) is 0. The minimum Gasteiger partial charge on any atom is -0.0594 e. The van der Waals surface area contributed by atoms with Gasteiger partial charge in [-0.2, -0.15) is 0 Å². The summed E-state index contributed by atoms with van der Waals surface area (Å²) in [6, 6.07) is 0. The van der Waals surface area contributed by atoms with E-state index in [-0.39, 0.29) is 0 Å². The summed E-state index contributed by atoms with van der Waals surface area (Å²) in [4.78, 5) is 0. The summed E-state index contributed by atoms with van der Waals surface area (Å²) in [6.07, 6.45) is 4.60. The molecule has 8 heavy (non-hydrogen) atoms. The van der Waals surface area contributed by atoms with E-state index >= 15 is 0 Å². The monoisotopic (exact) mass is 110 g/mol. The third-order valence-corrected chi connectivity index (χ3v) is 3.54. The second-order valence-corrected chi connectivity index (χ2v) is 4.03. The zero-order chi connectivity index (χ0) is 5.78. The number of rotatable bonds is 0. The summed E-state index contributed by atoms with van der Waals surface area (Å²) in [6.45, 7) is 4.86. The van der Waals surface area contributed by atoms with Crippen molar-refractivity contribution >= 4 is 0 Å². The van der Waals surface area contributed by atoms with Crippen molar-refractivity contribution in [2.75, 3.05) is 0 Å². The summed E-state index contributed by atoms with van der Waals surface area (Å²) < 4.78 is 0. The summed E-state index contributed by atoms with van der Waals surface area (Å²) in [5.74, 6) is 2.21. The van der Waals surface area contributed by atoms with E-state index in [2.05, 4.69) is 13.8 Å². The highest BCUT2D eigenvalue weighted by Crippen LogP contribution is 2.61. The predicted octanol–water partition coefficient (Wildman–Crippen LogP) is 2.44. The van der Waals surface area contributed by atoms with E-state index in [9.17, 15) is 0 Å². The van der Waals surface area contributed by atoms with Gasteiger partial charge in [0.2, 0.25) is 0 Å². The fourth-order valence-corrected chi connectivity index (χ4v) is 2.51. The van der Waals surface area contributed by atoms with Crippen molar-refractivity contribution in [1.29, 1.82) is 0 Å². The highest BCUT2D eigenvalue weighted by atomic mass is 14.6. The first-order valence-corrected chi connectivity index (χ1v) is 3.71. The smallest absolute Gasteiger partial charge is 0.0297 e. The van der Waals surface area contributed by atoms with Crippen LogP contribution in [0.4, 0.5) is 0 Å². The van der Waals surface area contributed by atoms with Crippen molar-refractivity contribution in [1.82, 2.24) is 0 Å². The minimum absolute atomic E-state index is 0.750. The normalized spacial score (nSPS) is 48.8. The fraction of sp³-hybridized carbons (Fsp3) is 1.00. The molecular weight excluding hydrogens is 96.1 g/mol. The first-order valence-electron chi connectivity index (χ1n) is 3.71. The lowest BCUT2D eigenvalue weighted by molar-refractivity contribution is 0.0523. The van der Waals surface area contributed by atoms with Gasteiger partial charge in [0.05, 0.1) is 0 Å². The Balaban J connectivity index is 2.23. The van der Waals surface area contributed by atoms with Gasteiger partial charge >= 0.3 is 0 Å². The van der Waals surface area contributed by atoms with Crippen LogP contribution in [0.3, 0.4) is 0 Å². The van der Waals surface area contributed by atoms with Crippen molar-refractivity contribution in [2.45, 2.75) is 33.1 Å². The van der Waals surface area contributed by atoms with Crippen molar-refractivity contribution in [3.63, 3.8) is 0 Å². The van der Waals surface area contributed by atoms with Crippen molar-refractivity contribution in [3.05, 3.63) is 0 Å². The molecule has 2 atom stereocenters. The summed E-state index contributed by atoms with van der Waals surface area (Å²) in [7, 11) is 0. The topological polar surface area (TPSA) is 0 Å². The molecule has 0 heteroatoms. The molecule has 3 saturated carbocycles. The molecule has 2 bridgehead atoms. The Morgan fingerprint density at radius 1 is 1.12 bits per heavy atom. The Bertz CT molecular complexity index is 97.2. The zero-order valence-electron chi connectivity index (χ0n) is 5.78.